The van der Waals surface area contributed by atoms with Crippen molar-refractivity contribution in [2.45, 2.75) is 32.9 Å². The van der Waals surface area contributed by atoms with Crippen molar-refractivity contribution < 1.29 is 31.4 Å². The van der Waals surface area contributed by atoms with Gasteiger partial charge in [-0.25, -0.2) is 0 Å². The van der Waals surface area contributed by atoms with Gasteiger partial charge >= 0.3 is 0 Å². The summed E-state index contributed by atoms with van der Waals surface area (Å²) in [6.45, 7) is 4.76. The van der Waals surface area contributed by atoms with E-state index >= 15 is 0 Å². The van der Waals surface area contributed by atoms with Crippen LogP contribution < -0.4 is 5.19 Å². The van der Waals surface area contributed by atoms with Crippen molar-refractivity contribution in [1.82, 2.24) is 9.97 Å². The SMILES string of the molecule is [2H]C([2H])([2H])c1c[c-]c(-c2ccc([Si](C)(C)C)cn2)cc1.[2H]C([2H])(c1ccccc1)c1ccnc(-c2[c-]ccc3c2oc2ccccc23)c1.[Ir]. The van der Waals surface area contributed by atoms with Crippen molar-refractivity contribution >= 4 is 35.2 Å². The molecule has 0 amide bonds. The average Bonchev–Trinajstić information content (AvgIpc) is 3.47. The largest absolute Gasteiger partial charge is 0.501 e. The van der Waals surface area contributed by atoms with Crippen LogP contribution in [0.3, 0.4) is 0 Å². The first kappa shape index (κ1) is 25.2. The van der Waals surface area contributed by atoms with E-state index in [1.165, 1.54) is 11.3 Å². The topological polar surface area (TPSA) is 38.9 Å². The zero-order valence-electron chi connectivity index (χ0n) is 29.7. The first-order valence-corrected chi connectivity index (χ1v) is 17.7. The van der Waals surface area contributed by atoms with Gasteiger partial charge in [-0.1, -0.05) is 104 Å². The molecule has 0 spiro atoms. The molecule has 7 aromatic rings. The van der Waals surface area contributed by atoms with Crippen LogP contribution >= 0.6 is 0 Å². The van der Waals surface area contributed by atoms with Gasteiger partial charge in [-0.2, -0.15) is 0 Å². The Morgan fingerprint density at radius 2 is 1.61 bits per heavy atom. The molecule has 0 N–H and O–H groups in total. The fourth-order valence-corrected chi connectivity index (χ4v) is 5.83. The van der Waals surface area contributed by atoms with Gasteiger partial charge < -0.3 is 14.4 Å². The van der Waals surface area contributed by atoms with Crippen molar-refractivity contribution in [2.75, 3.05) is 0 Å². The van der Waals surface area contributed by atoms with Crippen molar-refractivity contribution in [3.05, 3.63) is 150 Å². The molecule has 1 radical (unpaired) electrons. The first-order chi connectivity index (χ1) is 22.8. The second-order valence-electron chi connectivity index (χ2n) is 11.3. The molecule has 3 nitrogen and oxygen atoms in total. The smallest absolute Gasteiger partial charge is 0.120 e. The van der Waals surface area contributed by atoms with Gasteiger partial charge in [-0.15, -0.1) is 53.6 Å². The Labute approximate surface area is 281 Å². The van der Waals surface area contributed by atoms with Crippen LogP contribution in [0.2, 0.25) is 19.6 Å². The van der Waals surface area contributed by atoms with Crippen LogP contribution in [0.15, 0.2) is 126 Å². The van der Waals surface area contributed by atoms with E-state index in [1.807, 2.05) is 66.9 Å². The Bertz CT molecular complexity index is 2120. The molecule has 44 heavy (non-hydrogen) atoms. The molecule has 0 bridgehead atoms. The number of benzene rings is 4. The molecule has 7 rings (SSSR count). The molecular formula is C39H34IrN2OSi-2. The maximum absolute atomic E-state index is 8.62. The zero-order valence-corrected chi connectivity index (χ0v) is 28.1. The Hall–Kier alpha value is -4.15. The molecule has 3 heterocycles. The summed E-state index contributed by atoms with van der Waals surface area (Å²) in [4.78, 5) is 8.95. The van der Waals surface area contributed by atoms with E-state index in [0.717, 1.165) is 33.2 Å². The molecular weight excluding hydrogens is 733 g/mol. The van der Waals surface area contributed by atoms with E-state index in [4.69, 9.17) is 11.3 Å². The van der Waals surface area contributed by atoms with Crippen molar-refractivity contribution in [1.29, 1.82) is 0 Å². The molecule has 3 aromatic heterocycles. The maximum atomic E-state index is 8.62. The standard InChI is InChI=1S/C24H16NO.C15H18NSi.Ir/c1-2-7-17(8-3-1)15-18-13-14-25-22(16-18)21-11-6-10-20-19-9-4-5-12-23(19)26-24(20)21;1-12-5-7-13(8-6-12)15-10-9-14(11-16-15)17(2,3)4;/h1-10,12-14,16H,15H2;5-7,9-11H,1-4H3;/q2*-1;/i15D2;1D3;. The summed E-state index contributed by atoms with van der Waals surface area (Å²) in [5.74, 6) is 0. The fraction of sp³-hybridized carbons (Fsp3) is 0.128. The molecule has 0 aliphatic carbocycles. The number of rotatable bonds is 5. The van der Waals surface area contributed by atoms with Gasteiger partial charge in [-0.3, -0.25) is 0 Å². The summed E-state index contributed by atoms with van der Waals surface area (Å²) in [6.07, 6.45) is 1.94. The molecule has 0 aliphatic rings. The predicted molar refractivity (Wildman–Crippen MR) is 181 cm³/mol. The molecule has 5 heteroatoms. The van der Waals surface area contributed by atoms with Crippen molar-refractivity contribution in [3.8, 4) is 22.5 Å². The number of aryl methyl sites for hydroxylation is 1. The van der Waals surface area contributed by atoms with Gasteiger partial charge in [0, 0.05) is 44.7 Å². The summed E-state index contributed by atoms with van der Waals surface area (Å²) in [5.41, 5.74) is 6.01. The number of fused-ring (bicyclic) bond motifs is 3. The summed E-state index contributed by atoms with van der Waals surface area (Å²) in [7, 11) is -1.34. The van der Waals surface area contributed by atoms with Crippen molar-refractivity contribution in [2.24, 2.45) is 0 Å². The number of hydrogen-bond acceptors (Lipinski definition) is 3. The van der Waals surface area contributed by atoms with Gasteiger partial charge in [0.15, 0.2) is 0 Å². The van der Waals surface area contributed by atoms with Gasteiger partial charge in [0.25, 0.3) is 0 Å². The molecule has 221 valence electrons. The van der Waals surface area contributed by atoms with E-state index in [0.29, 0.717) is 28.0 Å². The number of pyridine rings is 2. The van der Waals surface area contributed by atoms with Crippen LogP contribution in [0.25, 0.3) is 44.5 Å². The normalized spacial score (nSPS) is 13.4. The molecule has 0 saturated carbocycles. The second-order valence-corrected chi connectivity index (χ2v) is 16.4. The van der Waals surface area contributed by atoms with Crippen LogP contribution in [0, 0.1) is 19.0 Å². The summed E-state index contributed by atoms with van der Waals surface area (Å²) < 4.78 is 45.4. The van der Waals surface area contributed by atoms with Crippen molar-refractivity contribution in [3.63, 3.8) is 0 Å². The number of hydrogen-bond donors (Lipinski definition) is 0. The van der Waals surface area contributed by atoms with Crippen LogP contribution in [-0.2, 0) is 26.5 Å². The second kappa shape index (κ2) is 13.6. The van der Waals surface area contributed by atoms with E-state index in [1.54, 1.807) is 42.6 Å². The Morgan fingerprint density at radius 3 is 2.34 bits per heavy atom. The minimum absolute atomic E-state index is 0. The van der Waals surface area contributed by atoms with E-state index in [9.17, 15) is 0 Å². The zero-order chi connectivity index (χ0) is 34.1. The van der Waals surface area contributed by atoms with Gasteiger partial charge in [0.2, 0.25) is 0 Å². The summed E-state index contributed by atoms with van der Waals surface area (Å²) >= 11 is 0. The molecule has 0 unspecified atom stereocenters. The fourth-order valence-electron chi connectivity index (χ4n) is 4.79. The maximum Gasteiger partial charge on any atom is 0.120 e. The summed E-state index contributed by atoms with van der Waals surface area (Å²) in [6, 6.07) is 39.7. The quantitative estimate of drug-likeness (QED) is 0.129. The molecule has 0 aliphatic heterocycles. The van der Waals surface area contributed by atoms with Gasteiger partial charge in [0.05, 0.1) is 13.7 Å². The van der Waals surface area contributed by atoms with E-state index < -0.39 is 21.3 Å². The van der Waals surface area contributed by atoms with Crippen LogP contribution in [0.4, 0.5) is 0 Å². The average molecular weight is 772 g/mol. The minimum Gasteiger partial charge on any atom is -0.501 e. The Morgan fingerprint density at radius 1 is 0.795 bits per heavy atom. The van der Waals surface area contributed by atoms with Gasteiger partial charge in [-0.05, 0) is 46.2 Å². The van der Waals surface area contributed by atoms with Crippen LogP contribution in [0.5, 0.6) is 0 Å². The summed E-state index contributed by atoms with van der Waals surface area (Å²) in [5, 5.41) is 3.35. The number of aromatic nitrogens is 2. The Balaban J connectivity index is 0.000000199. The van der Waals surface area contributed by atoms with E-state index in [-0.39, 0.29) is 20.1 Å². The van der Waals surface area contributed by atoms with E-state index in [2.05, 4.69) is 47.8 Å². The van der Waals surface area contributed by atoms with Gasteiger partial charge in [0.1, 0.15) is 5.58 Å². The first-order valence-electron chi connectivity index (χ1n) is 16.7. The van der Waals surface area contributed by atoms with Crippen LogP contribution in [-0.4, -0.2) is 18.0 Å². The third kappa shape index (κ3) is 7.14. The number of para-hydroxylation sites is 1. The third-order valence-electron chi connectivity index (χ3n) is 7.14. The molecule has 0 atom stereocenters. The van der Waals surface area contributed by atoms with Crippen LogP contribution in [0.1, 0.15) is 23.5 Å². The Kier molecular flexibility index (Phi) is 7.82. The monoisotopic (exact) mass is 772 g/mol. The predicted octanol–water partition coefficient (Wildman–Crippen LogP) is 9.44. The minimum atomic E-state index is -2.08. The molecule has 4 aromatic carbocycles. The third-order valence-corrected chi connectivity index (χ3v) is 9.16. The molecule has 0 fully saturated rings. The number of nitrogens with zero attached hydrogens (tertiary/aromatic N) is 2. The molecule has 0 saturated heterocycles. The number of furan rings is 1.